The molecule has 0 saturated carbocycles. The highest BCUT2D eigenvalue weighted by Crippen LogP contribution is 2.23. The van der Waals surface area contributed by atoms with E-state index in [4.69, 9.17) is 4.52 Å². The molecule has 118 valence electrons. The lowest BCUT2D eigenvalue weighted by Gasteiger charge is -2.22. The molecule has 22 heavy (non-hydrogen) atoms. The average molecular weight is 322 g/mol. The fourth-order valence-electron chi connectivity index (χ4n) is 1.72. The van der Waals surface area contributed by atoms with E-state index in [0.717, 1.165) is 11.8 Å². The Morgan fingerprint density at radius 2 is 1.91 bits per heavy atom. The molecule has 0 spiro atoms. The largest absolute Gasteiger partial charge is 0.355 e. The zero-order valence-corrected chi connectivity index (χ0v) is 13.5. The van der Waals surface area contributed by atoms with Crippen molar-refractivity contribution in [1.29, 1.82) is 0 Å². The summed E-state index contributed by atoms with van der Waals surface area (Å²) in [6, 6.07) is 9.11. The summed E-state index contributed by atoms with van der Waals surface area (Å²) in [6.45, 7) is 3.13. The number of sulfone groups is 1. The number of carbonyl (C=O) groups excluding carboxylic acids is 1. The Bertz CT molecular complexity index is 764. The fourth-order valence-corrected chi connectivity index (χ4v) is 2.05. The Morgan fingerprint density at radius 1 is 1.27 bits per heavy atom. The molecule has 1 amide bonds. The van der Waals surface area contributed by atoms with E-state index in [1.54, 1.807) is 26.0 Å². The number of hydrogen-bond acceptors (Lipinski definition) is 5. The van der Waals surface area contributed by atoms with Gasteiger partial charge in [0.1, 0.15) is 5.56 Å². The van der Waals surface area contributed by atoms with E-state index in [9.17, 15) is 13.2 Å². The minimum absolute atomic E-state index is 0.00404. The first-order valence-corrected chi connectivity index (χ1v) is 8.59. The van der Waals surface area contributed by atoms with Crippen LogP contribution in [0.3, 0.4) is 0 Å². The van der Waals surface area contributed by atoms with Gasteiger partial charge in [-0.15, -0.1) is 0 Å². The summed E-state index contributed by atoms with van der Waals surface area (Å²) >= 11 is 0. The molecule has 2 aromatic rings. The number of hydrogen-bond donors (Lipinski definition) is 1. The standard InChI is InChI=1S/C15H18N2O4S/c1-15(2,22(3,19)20)10-16-14(18)12-9-17-21-13(12)11-7-5-4-6-8-11/h4-9H,10H2,1-3H3,(H,16,18). The Morgan fingerprint density at radius 3 is 2.50 bits per heavy atom. The third-order valence-corrected chi connectivity index (χ3v) is 5.68. The minimum Gasteiger partial charge on any atom is -0.355 e. The third-order valence-electron chi connectivity index (χ3n) is 3.53. The predicted molar refractivity (Wildman–Crippen MR) is 83.2 cm³/mol. The molecule has 0 aliphatic carbocycles. The van der Waals surface area contributed by atoms with E-state index >= 15 is 0 Å². The first kappa shape index (κ1) is 16.2. The number of nitrogens with zero attached hydrogens (tertiary/aromatic N) is 1. The Labute approximate surface area is 129 Å². The summed E-state index contributed by atoms with van der Waals surface area (Å²) in [6.07, 6.45) is 2.47. The van der Waals surface area contributed by atoms with Crippen LogP contribution in [0.1, 0.15) is 24.2 Å². The number of amides is 1. The summed E-state index contributed by atoms with van der Waals surface area (Å²) in [5.41, 5.74) is 1.00. The molecule has 0 radical (unpaired) electrons. The van der Waals surface area contributed by atoms with Gasteiger partial charge in [-0.2, -0.15) is 0 Å². The molecular weight excluding hydrogens is 304 g/mol. The van der Waals surface area contributed by atoms with E-state index in [1.807, 2.05) is 18.2 Å². The van der Waals surface area contributed by atoms with Crippen molar-refractivity contribution < 1.29 is 17.7 Å². The van der Waals surface area contributed by atoms with Crippen LogP contribution in [0.25, 0.3) is 11.3 Å². The van der Waals surface area contributed by atoms with Crippen LogP contribution in [0.2, 0.25) is 0 Å². The van der Waals surface area contributed by atoms with Gasteiger partial charge in [-0.1, -0.05) is 35.5 Å². The van der Waals surface area contributed by atoms with Crippen LogP contribution in [0.15, 0.2) is 41.1 Å². The maximum atomic E-state index is 12.3. The van der Waals surface area contributed by atoms with Crippen LogP contribution in [0, 0.1) is 0 Å². The van der Waals surface area contributed by atoms with Gasteiger partial charge in [0.15, 0.2) is 15.6 Å². The Hall–Kier alpha value is -2.15. The Kier molecular flexibility index (Phi) is 4.37. The molecule has 0 atom stereocenters. The van der Waals surface area contributed by atoms with E-state index in [-0.39, 0.29) is 12.1 Å². The zero-order valence-electron chi connectivity index (χ0n) is 12.7. The molecule has 2 rings (SSSR count). The SMILES string of the molecule is CC(C)(CNC(=O)c1cnoc1-c1ccccc1)S(C)(=O)=O. The van der Waals surface area contributed by atoms with E-state index in [0.29, 0.717) is 5.76 Å². The van der Waals surface area contributed by atoms with Crippen molar-refractivity contribution in [2.24, 2.45) is 0 Å². The summed E-state index contributed by atoms with van der Waals surface area (Å²) < 4.78 is 27.4. The highest BCUT2D eigenvalue weighted by Gasteiger charge is 2.31. The monoisotopic (exact) mass is 322 g/mol. The van der Waals surface area contributed by atoms with Crippen LogP contribution >= 0.6 is 0 Å². The van der Waals surface area contributed by atoms with E-state index in [1.165, 1.54) is 6.20 Å². The molecule has 6 nitrogen and oxygen atoms in total. The summed E-state index contributed by atoms with van der Waals surface area (Å²) in [5, 5.41) is 6.28. The molecule has 0 aliphatic heterocycles. The number of nitrogens with one attached hydrogen (secondary N) is 1. The van der Waals surface area contributed by atoms with Crippen LogP contribution in [0.4, 0.5) is 0 Å². The van der Waals surface area contributed by atoms with Gasteiger partial charge >= 0.3 is 0 Å². The van der Waals surface area contributed by atoms with Gasteiger partial charge in [0.05, 0.1) is 10.9 Å². The molecule has 7 heteroatoms. The van der Waals surface area contributed by atoms with Gasteiger partial charge in [-0.05, 0) is 13.8 Å². The lowest BCUT2D eigenvalue weighted by atomic mass is 10.1. The van der Waals surface area contributed by atoms with Crippen LogP contribution in [-0.2, 0) is 9.84 Å². The second kappa shape index (κ2) is 5.92. The summed E-state index contributed by atoms with van der Waals surface area (Å²) in [5.74, 6) is -0.0629. The first-order chi connectivity index (χ1) is 10.2. The number of carbonyl (C=O) groups is 1. The topological polar surface area (TPSA) is 89.3 Å². The normalized spacial score (nSPS) is 12.1. The highest BCUT2D eigenvalue weighted by atomic mass is 32.2. The van der Waals surface area contributed by atoms with E-state index < -0.39 is 20.5 Å². The molecule has 0 aliphatic rings. The second-order valence-electron chi connectivity index (χ2n) is 5.65. The summed E-state index contributed by atoms with van der Waals surface area (Å²) in [7, 11) is -3.28. The lowest BCUT2D eigenvalue weighted by Crippen LogP contribution is -2.43. The third kappa shape index (κ3) is 3.36. The van der Waals surface area contributed by atoms with Crippen molar-refractivity contribution in [3.05, 3.63) is 42.1 Å². The van der Waals surface area contributed by atoms with Gasteiger partial charge in [-0.25, -0.2) is 8.42 Å². The molecule has 1 aromatic carbocycles. The Balaban J connectivity index is 2.18. The van der Waals surface area contributed by atoms with Crippen LogP contribution in [0.5, 0.6) is 0 Å². The number of benzene rings is 1. The smallest absolute Gasteiger partial charge is 0.256 e. The molecule has 0 bridgehead atoms. The molecule has 0 saturated heterocycles. The summed E-state index contributed by atoms with van der Waals surface area (Å²) in [4.78, 5) is 12.3. The average Bonchev–Trinajstić information content (AvgIpc) is 2.94. The van der Waals surface area contributed by atoms with E-state index in [2.05, 4.69) is 10.5 Å². The highest BCUT2D eigenvalue weighted by molar-refractivity contribution is 7.92. The maximum absolute atomic E-state index is 12.3. The van der Waals surface area contributed by atoms with Crippen LogP contribution in [-0.4, -0.2) is 37.0 Å². The van der Waals surface area contributed by atoms with Crippen molar-refractivity contribution in [1.82, 2.24) is 10.5 Å². The first-order valence-electron chi connectivity index (χ1n) is 6.70. The molecule has 1 heterocycles. The van der Waals surface area contributed by atoms with Crippen molar-refractivity contribution in [2.75, 3.05) is 12.8 Å². The molecular formula is C15H18N2O4S. The lowest BCUT2D eigenvalue weighted by molar-refractivity contribution is 0.0951. The molecule has 0 unspecified atom stereocenters. The van der Waals surface area contributed by atoms with Crippen molar-refractivity contribution in [3.8, 4) is 11.3 Å². The van der Waals surface area contributed by atoms with Gasteiger partial charge in [0, 0.05) is 18.4 Å². The zero-order chi connectivity index (χ0) is 16.4. The van der Waals surface area contributed by atoms with Crippen molar-refractivity contribution >= 4 is 15.7 Å². The number of rotatable bonds is 5. The van der Waals surface area contributed by atoms with Gasteiger partial charge in [0.2, 0.25) is 0 Å². The van der Waals surface area contributed by atoms with Gasteiger partial charge in [-0.3, -0.25) is 4.79 Å². The molecule has 1 aromatic heterocycles. The van der Waals surface area contributed by atoms with Crippen molar-refractivity contribution in [3.63, 3.8) is 0 Å². The minimum atomic E-state index is -3.28. The van der Waals surface area contributed by atoms with Crippen molar-refractivity contribution in [2.45, 2.75) is 18.6 Å². The maximum Gasteiger partial charge on any atom is 0.256 e. The van der Waals surface area contributed by atoms with Crippen LogP contribution < -0.4 is 5.32 Å². The quantitative estimate of drug-likeness (QED) is 0.908. The second-order valence-corrected chi connectivity index (χ2v) is 8.30. The number of aromatic nitrogens is 1. The predicted octanol–water partition coefficient (Wildman–Crippen LogP) is 1.89. The van der Waals surface area contributed by atoms with Gasteiger partial charge < -0.3 is 9.84 Å². The molecule has 1 N–H and O–H groups in total. The van der Waals surface area contributed by atoms with Gasteiger partial charge in [0.25, 0.3) is 5.91 Å². The fraction of sp³-hybridized carbons (Fsp3) is 0.333. The molecule has 0 fully saturated rings.